The molecule has 2 aliphatic heterocycles. The molecule has 2 amide bonds. The van der Waals surface area contributed by atoms with Crippen LogP contribution in [0.4, 0.5) is 16.4 Å². The number of hydrogen-bond acceptors (Lipinski definition) is 9. The predicted octanol–water partition coefficient (Wildman–Crippen LogP) is 4.76. The molecule has 0 saturated carbocycles. The van der Waals surface area contributed by atoms with Gasteiger partial charge in [-0.25, -0.2) is 14.8 Å². The Hall–Kier alpha value is -3.80. The fraction of sp³-hybridized carbons (Fsp3) is 0.240. The van der Waals surface area contributed by atoms with Gasteiger partial charge in [0, 0.05) is 22.0 Å². The maximum atomic E-state index is 13.9. The Morgan fingerprint density at radius 2 is 1.84 bits per heavy atom. The van der Waals surface area contributed by atoms with Crippen molar-refractivity contribution in [3.63, 3.8) is 0 Å². The number of nitrogens with zero attached hydrogens (tertiary/aromatic N) is 3. The van der Waals surface area contributed by atoms with Gasteiger partial charge in [0.2, 0.25) is 5.91 Å². The summed E-state index contributed by atoms with van der Waals surface area (Å²) in [6, 6.07) is 11.6. The molecule has 3 aromatic rings. The molecule has 0 spiro atoms. The van der Waals surface area contributed by atoms with Gasteiger partial charge in [-0.05, 0) is 49.2 Å². The molecule has 0 N–H and O–H groups in total. The second-order valence-corrected chi connectivity index (χ2v) is 10.3. The Bertz CT molecular complexity index is 1450. The smallest absolute Gasteiger partial charge is 0.341 e. The van der Waals surface area contributed by atoms with Crippen molar-refractivity contribution in [1.29, 1.82) is 0 Å². The highest BCUT2D eigenvalue weighted by molar-refractivity contribution is 7.17. The van der Waals surface area contributed by atoms with Crippen molar-refractivity contribution in [2.45, 2.75) is 26.0 Å². The van der Waals surface area contributed by atoms with Gasteiger partial charge in [-0.3, -0.25) is 24.5 Å². The van der Waals surface area contributed by atoms with Crippen LogP contribution >= 0.6 is 22.9 Å². The maximum Gasteiger partial charge on any atom is 0.341 e. The number of non-ortho nitro benzene ring substituents is 1. The van der Waals surface area contributed by atoms with Crippen molar-refractivity contribution in [2.75, 3.05) is 17.1 Å². The van der Waals surface area contributed by atoms with Crippen molar-refractivity contribution >= 4 is 57.1 Å². The highest BCUT2D eigenvalue weighted by atomic mass is 35.5. The van der Waals surface area contributed by atoms with Crippen molar-refractivity contribution in [2.24, 2.45) is 5.92 Å². The van der Waals surface area contributed by atoms with Gasteiger partial charge in [-0.1, -0.05) is 23.7 Å². The van der Waals surface area contributed by atoms with Crippen LogP contribution in [-0.2, 0) is 19.2 Å². The molecule has 190 valence electrons. The highest BCUT2D eigenvalue weighted by Crippen LogP contribution is 2.50. The summed E-state index contributed by atoms with van der Waals surface area (Å²) < 4.78 is 4.91. The summed E-state index contributed by atoms with van der Waals surface area (Å²) in [5.41, 5.74) is 1.53. The Balaban J connectivity index is 1.63. The lowest BCUT2D eigenvalue weighted by molar-refractivity contribution is -0.384. The zero-order valence-electron chi connectivity index (χ0n) is 19.8. The number of esters is 1. The van der Waals surface area contributed by atoms with Crippen molar-refractivity contribution < 1.29 is 28.9 Å². The number of thiophene rings is 1. The van der Waals surface area contributed by atoms with Crippen LogP contribution in [0.15, 0.2) is 48.5 Å². The van der Waals surface area contributed by atoms with Crippen LogP contribution in [0, 0.1) is 29.9 Å². The quantitative estimate of drug-likeness (QED) is 0.196. The number of carbonyl (C=O) groups excluding carboxylic acids is 3. The molecule has 3 unspecified atom stereocenters. The second-order valence-electron chi connectivity index (χ2n) is 8.62. The number of fused-ring (bicyclic) bond motifs is 1. The molecular weight excluding hydrogens is 522 g/mol. The monoisotopic (exact) mass is 541 g/mol. The summed E-state index contributed by atoms with van der Waals surface area (Å²) in [4.78, 5) is 58.9. The van der Waals surface area contributed by atoms with E-state index in [1.54, 1.807) is 44.2 Å². The topological polar surface area (TPSA) is 119 Å². The second kappa shape index (κ2) is 9.25. The Morgan fingerprint density at radius 1 is 1.14 bits per heavy atom. The number of nitro benzene ring substituents is 1. The molecule has 0 radical (unpaired) electrons. The van der Waals surface area contributed by atoms with Crippen LogP contribution in [0.1, 0.15) is 32.4 Å². The van der Waals surface area contributed by atoms with Crippen molar-refractivity contribution in [1.82, 2.24) is 0 Å². The third-order valence-electron chi connectivity index (χ3n) is 6.58. The van der Waals surface area contributed by atoms with E-state index in [9.17, 15) is 24.5 Å². The van der Waals surface area contributed by atoms with Gasteiger partial charge >= 0.3 is 5.97 Å². The molecule has 0 bridgehead atoms. The molecule has 2 fully saturated rings. The number of halogens is 1. The van der Waals surface area contributed by atoms with E-state index in [0.717, 1.165) is 21.1 Å². The van der Waals surface area contributed by atoms with E-state index < -0.39 is 40.8 Å². The first-order valence-electron chi connectivity index (χ1n) is 11.2. The van der Waals surface area contributed by atoms with Crippen molar-refractivity contribution in [3.8, 4) is 0 Å². The number of amides is 2. The lowest BCUT2D eigenvalue weighted by Gasteiger charge is -2.28. The zero-order chi connectivity index (χ0) is 26.6. The first kappa shape index (κ1) is 24.9. The average Bonchev–Trinajstić information content (AvgIpc) is 3.49. The molecule has 12 heteroatoms. The van der Waals surface area contributed by atoms with E-state index in [-0.39, 0.29) is 16.3 Å². The van der Waals surface area contributed by atoms with E-state index in [1.165, 1.54) is 30.4 Å². The molecule has 2 saturated heterocycles. The van der Waals surface area contributed by atoms with E-state index in [1.807, 2.05) is 0 Å². The average molecular weight is 542 g/mol. The molecular formula is C25H20ClN3O7S. The number of aryl methyl sites for hydroxylation is 1. The third-order valence-corrected chi connectivity index (χ3v) is 8.02. The number of carbonyl (C=O) groups is 3. The van der Waals surface area contributed by atoms with E-state index in [2.05, 4.69) is 0 Å². The summed E-state index contributed by atoms with van der Waals surface area (Å²) in [7, 11) is 1.23. The summed E-state index contributed by atoms with van der Waals surface area (Å²) >= 11 is 7.18. The molecule has 37 heavy (non-hydrogen) atoms. The van der Waals surface area contributed by atoms with Crippen LogP contribution in [0.3, 0.4) is 0 Å². The number of hydrogen-bond donors (Lipinski definition) is 0. The zero-order valence-corrected chi connectivity index (χ0v) is 21.4. The number of imide groups is 1. The van der Waals surface area contributed by atoms with Gasteiger partial charge in [-0.15, -0.1) is 11.3 Å². The normalized spacial score (nSPS) is 20.9. The van der Waals surface area contributed by atoms with E-state index >= 15 is 0 Å². The minimum atomic E-state index is -1.21. The van der Waals surface area contributed by atoms with Gasteiger partial charge in [0.25, 0.3) is 11.6 Å². The van der Waals surface area contributed by atoms with Crippen molar-refractivity contribution in [3.05, 3.63) is 85.2 Å². The lowest BCUT2D eigenvalue weighted by atomic mass is 9.90. The number of methoxy groups -OCH3 is 1. The molecule has 10 nitrogen and oxygen atoms in total. The van der Waals surface area contributed by atoms with Crippen LogP contribution in [0.2, 0.25) is 5.02 Å². The summed E-state index contributed by atoms with van der Waals surface area (Å²) in [5.74, 6) is -2.89. The summed E-state index contributed by atoms with van der Waals surface area (Å²) in [6.07, 6.45) is -1.21. The predicted molar refractivity (Wildman–Crippen MR) is 136 cm³/mol. The van der Waals surface area contributed by atoms with Gasteiger partial charge in [0.15, 0.2) is 6.10 Å². The molecule has 5 rings (SSSR count). The molecule has 3 heterocycles. The van der Waals surface area contributed by atoms with Gasteiger partial charge in [0.05, 0.1) is 29.3 Å². The number of nitro groups is 1. The Kier molecular flexibility index (Phi) is 6.22. The molecule has 3 atom stereocenters. The third kappa shape index (κ3) is 3.95. The van der Waals surface area contributed by atoms with E-state index in [0.29, 0.717) is 21.8 Å². The fourth-order valence-electron chi connectivity index (χ4n) is 4.70. The SMILES string of the molecule is COC(=O)c1c(N2C(=O)C3ON(c4ccc(Cl)cc4)C(c4cccc([N+](=O)[O-])c4)C3C2=O)sc(C)c1C. The van der Waals surface area contributed by atoms with Crippen LogP contribution in [-0.4, -0.2) is 35.9 Å². The minimum Gasteiger partial charge on any atom is -0.465 e. The van der Waals surface area contributed by atoms with Gasteiger partial charge in [-0.2, -0.15) is 0 Å². The molecule has 2 aliphatic rings. The first-order chi connectivity index (χ1) is 17.6. The largest absolute Gasteiger partial charge is 0.465 e. The molecule has 1 aromatic heterocycles. The summed E-state index contributed by atoms with van der Waals surface area (Å²) in [6.45, 7) is 3.50. The number of anilines is 2. The Morgan fingerprint density at radius 3 is 2.49 bits per heavy atom. The molecule has 2 aromatic carbocycles. The maximum absolute atomic E-state index is 13.9. The number of benzene rings is 2. The van der Waals surface area contributed by atoms with Crippen LogP contribution < -0.4 is 9.96 Å². The fourth-order valence-corrected chi connectivity index (χ4v) is 5.98. The summed E-state index contributed by atoms with van der Waals surface area (Å²) in [5, 5.41) is 13.5. The highest BCUT2D eigenvalue weighted by Gasteiger charge is 2.61. The number of hydroxylamine groups is 1. The Labute approximate surface area is 220 Å². The van der Waals surface area contributed by atoms with Gasteiger partial charge < -0.3 is 4.74 Å². The molecule has 0 aliphatic carbocycles. The van der Waals surface area contributed by atoms with Crippen LogP contribution in [0.25, 0.3) is 0 Å². The number of ether oxygens (including phenoxy) is 1. The van der Waals surface area contributed by atoms with Gasteiger partial charge in [0.1, 0.15) is 10.9 Å². The lowest BCUT2D eigenvalue weighted by Crippen LogP contribution is -2.37. The van der Waals surface area contributed by atoms with E-state index in [4.69, 9.17) is 21.2 Å². The van der Waals surface area contributed by atoms with Crippen LogP contribution in [0.5, 0.6) is 0 Å². The first-order valence-corrected chi connectivity index (χ1v) is 12.4. The number of rotatable bonds is 5. The minimum absolute atomic E-state index is 0.146. The standard InChI is InChI=1S/C25H20ClN3O7S/c1-12-13(2)37-24(18(12)25(32)35-3)27-22(30)19-20(14-5-4-6-17(11-14)29(33)34)28(36-21(19)23(27)31)16-9-7-15(26)8-10-16/h4-11,19-21H,1-3H3.